The van der Waals surface area contributed by atoms with Crippen LogP contribution in [0.5, 0.6) is 5.75 Å². The number of aryl methyl sites for hydroxylation is 1. The smallest absolute Gasteiger partial charge is 0.254 e. The first-order chi connectivity index (χ1) is 15.8. The molecule has 0 radical (unpaired) electrons. The molecule has 2 aromatic rings. The Morgan fingerprint density at radius 1 is 1.00 bits per heavy atom. The van der Waals surface area contributed by atoms with Crippen LogP contribution in [0.4, 0.5) is 0 Å². The standard InChI is InChI=1S/C25H35N3O4S/c1-5-28(6-2)33(30,31)23-12-7-20(3)24(19-23)25(29)27-17-15-26(16-18-27)14-13-21-8-10-22(32-4)11-9-21/h7-12,19H,5-6,13-18H2,1-4H3. The van der Waals surface area contributed by atoms with E-state index in [-0.39, 0.29) is 10.8 Å². The number of sulfonamides is 1. The van der Waals surface area contributed by atoms with Gasteiger partial charge in [0.15, 0.2) is 0 Å². The van der Waals surface area contributed by atoms with Gasteiger partial charge in [0.2, 0.25) is 10.0 Å². The van der Waals surface area contributed by atoms with E-state index in [1.54, 1.807) is 25.3 Å². The fourth-order valence-electron chi connectivity index (χ4n) is 4.13. The molecule has 33 heavy (non-hydrogen) atoms. The van der Waals surface area contributed by atoms with Gasteiger partial charge in [0.1, 0.15) is 5.75 Å². The molecule has 8 heteroatoms. The molecule has 1 aliphatic heterocycles. The minimum atomic E-state index is -3.61. The molecule has 7 nitrogen and oxygen atoms in total. The highest BCUT2D eigenvalue weighted by Crippen LogP contribution is 2.21. The molecule has 2 aromatic carbocycles. The van der Waals surface area contributed by atoms with Gasteiger partial charge in [-0.05, 0) is 48.7 Å². The molecule has 0 atom stereocenters. The molecule has 0 aromatic heterocycles. The number of hydrogen-bond donors (Lipinski definition) is 0. The fourth-order valence-corrected chi connectivity index (χ4v) is 5.61. The Labute approximate surface area is 198 Å². The van der Waals surface area contributed by atoms with E-state index in [1.165, 1.54) is 9.87 Å². The molecular formula is C25H35N3O4S. The number of methoxy groups -OCH3 is 1. The molecule has 3 rings (SSSR count). The lowest BCUT2D eigenvalue weighted by Crippen LogP contribution is -2.49. The van der Waals surface area contributed by atoms with Crippen molar-refractivity contribution in [2.45, 2.75) is 32.1 Å². The van der Waals surface area contributed by atoms with Gasteiger partial charge in [-0.3, -0.25) is 9.69 Å². The van der Waals surface area contributed by atoms with Gasteiger partial charge < -0.3 is 9.64 Å². The molecule has 0 saturated carbocycles. The van der Waals surface area contributed by atoms with Crippen LogP contribution in [0.25, 0.3) is 0 Å². The molecule has 1 heterocycles. The van der Waals surface area contributed by atoms with Crippen LogP contribution in [0, 0.1) is 6.92 Å². The predicted molar refractivity (Wildman–Crippen MR) is 130 cm³/mol. The van der Waals surface area contributed by atoms with Crippen LogP contribution in [0.1, 0.15) is 35.3 Å². The summed E-state index contributed by atoms with van der Waals surface area (Å²) < 4.78 is 32.4. The van der Waals surface area contributed by atoms with Crippen LogP contribution in [0.2, 0.25) is 0 Å². The Morgan fingerprint density at radius 3 is 2.21 bits per heavy atom. The third-order valence-corrected chi connectivity index (χ3v) is 8.36. The predicted octanol–water partition coefficient (Wildman–Crippen LogP) is 3.03. The minimum absolute atomic E-state index is 0.0982. The van der Waals surface area contributed by atoms with E-state index in [0.29, 0.717) is 31.7 Å². The third-order valence-electron chi connectivity index (χ3n) is 6.32. The molecule has 0 bridgehead atoms. The quantitative estimate of drug-likeness (QED) is 0.560. The second-order valence-electron chi connectivity index (χ2n) is 8.30. The van der Waals surface area contributed by atoms with Gasteiger partial charge in [0, 0.05) is 51.4 Å². The van der Waals surface area contributed by atoms with E-state index in [2.05, 4.69) is 17.0 Å². The van der Waals surface area contributed by atoms with Crippen LogP contribution >= 0.6 is 0 Å². The van der Waals surface area contributed by atoms with Crippen molar-refractivity contribution >= 4 is 15.9 Å². The molecule has 0 unspecified atom stereocenters. The highest BCUT2D eigenvalue weighted by atomic mass is 32.2. The van der Waals surface area contributed by atoms with E-state index in [4.69, 9.17) is 4.74 Å². The lowest BCUT2D eigenvalue weighted by Gasteiger charge is -2.35. The molecule has 180 valence electrons. The van der Waals surface area contributed by atoms with Crippen molar-refractivity contribution in [3.63, 3.8) is 0 Å². The molecule has 1 saturated heterocycles. The Morgan fingerprint density at radius 2 is 1.64 bits per heavy atom. The number of piperazine rings is 1. The van der Waals surface area contributed by atoms with Gasteiger partial charge in [-0.25, -0.2) is 8.42 Å². The van der Waals surface area contributed by atoms with Crippen molar-refractivity contribution in [1.82, 2.24) is 14.1 Å². The minimum Gasteiger partial charge on any atom is -0.497 e. The zero-order valence-electron chi connectivity index (χ0n) is 20.1. The lowest BCUT2D eigenvalue weighted by molar-refractivity contribution is 0.0637. The highest BCUT2D eigenvalue weighted by molar-refractivity contribution is 7.89. The molecule has 1 aliphatic rings. The first-order valence-electron chi connectivity index (χ1n) is 11.6. The first kappa shape index (κ1) is 25.2. The van der Waals surface area contributed by atoms with Gasteiger partial charge >= 0.3 is 0 Å². The average Bonchev–Trinajstić information content (AvgIpc) is 2.83. The van der Waals surface area contributed by atoms with E-state index in [0.717, 1.165) is 37.4 Å². The summed E-state index contributed by atoms with van der Waals surface area (Å²) >= 11 is 0. The highest BCUT2D eigenvalue weighted by Gasteiger charge is 2.26. The molecular weight excluding hydrogens is 438 g/mol. The normalized spacial score (nSPS) is 15.1. The molecule has 1 amide bonds. The van der Waals surface area contributed by atoms with Crippen LogP contribution in [0.15, 0.2) is 47.4 Å². The summed E-state index contributed by atoms with van der Waals surface area (Å²) in [5, 5.41) is 0. The van der Waals surface area contributed by atoms with Gasteiger partial charge in [-0.15, -0.1) is 0 Å². The zero-order chi connectivity index (χ0) is 24.0. The number of hydrogen-bond acceptors (Lipinski definition) is 5. The van der Waals surface area contributed by atoms with Gasteiger partial charge in [0.05, 0.1) is 12.0 Å². The third kappa shape index (κ3) is 5.93. The van der Waals surface area contributed by atoms with Crippen LogP contribution in [-0.2, 0) is 16.4 Å². The van der Waals surface area contributed by atoms with Gasteiger partial charge in [0.25, 0.3) is 5.91 Å². The molecule has 0 spiro atoms. The Bertz CT molecular complexity index is 1040. The number of nitrogens with zero attached hydrogens (tertiary/aromatic N) is 3. The topological polar surface area (TPSA) is 70.2 Å². The van der Waals surface area contributed by atoms with Gasteiger partial charge in [-0.1, -0.05) is 32.0 Å². The SMILES string of the molecule is CCN(CC)S(=O)(=O)c1ccc(C)c(C(=O)N2CCN(CCc3ccc(OC)cc3)CC2)c1. The Balaban J connectivity index is 1.62. The monoisotopic (exact) mass is 473 g/mol. The van der Waals surface area contributed by atoms with Crippen molar-refractivity contribution < 1.29 is 17.9 Å². The van der Waals surface area contributed by atoms with Crippen molar-refractivity contribution in [3.05, 3.63) is 59.2 Å². The van der Waals surface area contributed by atoms with Gasteiger partial charge in [-0.2, -0.15) is 4.31 Å². The summed E-state index contributed by atoms with van der Waals surface area (Å²) in [4.78, 5) is 17.6. The van der Waals surface area contributed by atoms with Crippen LogP contribution in [0.3, 0.4) is 0 Å². The maximum absolute atomic E-state index is 13.2. The van der Waals surface area contributed by atoms with E-state index >= 15 is 0 Å². The first-order valence-corrected chi connectivity index (χ1v) is 13.0. The Kier molecular flexibility index (Phi) is 8.51. The largest absolute Gasteiger partial charge is 0.497 e. The summed E-state index contributed by atoms with van der Waals surface area (Å²) in [6, 6.07) is 13.0. The van der Waals surface area contributed by atoms with Crippen LogP contribution < -0.4 is 4.74 Å². The second-order valence-corrected chi connectivity index (χ2v) is 10.2. The maximum Gasteiger partial charge on any atom is 0.254 e. The molecule has 1 fully saturated rings. The number of amides is 1. The average molecular weight is 474 g/mol. The number of rotatable bonds is 9. The molecule has 0 N–H and O–H groups in total. The van der Waals surface area contributed by atoms with Crippen molar-refractivity contribution in [3.8, 4) is 5.75 Å². The molecule has 0 aliphatic carbocycles. The van der Waals surface area contributed by atoms with Crippen LogP contribution in [-0.4, -0.2) is 81.4 Å². The van der Waals surface area contributed by atoms with E-state index in [9.17, 15) is 13.2 Å². The van der Waals surface area contributed by atoms with Crippen molar-refractivity contribution in [1.29, 1.82) is 0 Å². The van der Waals surface area contributed by atoms with E-state index in [1.807, 2.05) is 37.8 Å². The number of carbonyl (C=O) groups is 1. The number of ether oxygens (including phenoxy) is 1. The fraction of sp³-hybridized carbons (Fsp3) is 0.480. The van der Waals surface area contributed by atoms with Crippen molar-refractivity contribution in [2.24, 2.45) is 0 Å². The number of carbonyl (C=O) groups excluding carboxylic acids is 1. The van der Waals surface area contributed by atoms with E-state index < -0.39 is 10.0 Å². The summed E-state index contributed by atoms with van der Waals surface area (Å²) in [5.74, 6) is 0.758. The number of benzene rings is 2. The maximum atomic E-state index is 13.2. The Hall–Kier alpha value is -2.42. The lowest BCUT2D eigenvalue weighted by atomic mass is 10.1. The summed E-state index contributed by atoms with van der Waals surface area (Å²) in [6.07, 6.45) is 0.947. The summed E-state index contributed by atoms with van der Waals surface area (Å²) in [5.41, 5.74) is 2.52. The zero-order valence-corrected chi connectivity index (χ0v) is 20.9. The summed E-state index contributed by atoms with van der Waals surface area (Å²) in [7, 11) is -1.94. The van der Waals surface area contributed by atoms with Crippen molar-refractivity contribution in [2.75, 3.05) is 52.9 Å². The second kappa shape index (κ2) is 11.1. The summed E-state index contributed by atoms with van der Waals surface area (Å²) in [6.45, 7) is 10.1.